The summed E-state index contributed by atoms with van der Waals surface area (Å²) in [4.78, 5) is 0. The van der Waals surface area contributed by atoms with Gasteiger partial charge in [-0.1, -0.05) is 100 Å². The highest BCUT2D eigenvalue weighted by Crippen LogP contribution is 2.44. The van der Waals surface area contributed by atoms with Gasteiger partial charge in [-0.05, 0) is 49.9 Å². The van der Waals surface area contributed by atoms with Crippen LogP contribution < -0.4 is 0 Å². The second-order valence-corrected chi connectivity index (χ2v) is 10.2. The summed E-state index contributed by atoms with van der Waals surface area (Å²) in [5.74, 6) is 0. The zero-order valence-electron chi connectivity index (χ0n) is 22.5. The molecule has 0 amide bonds. The Bertz CT molecular complexity index is 1370. The fourth-order valence-corrected chi connectivity index (χ4v) is 6.08. The third-order valence-corrected chi connectivity index (χ3v) is 7.90. The molecule has 0 bridgehead atoms. The average molecular weight is 477 g/mol. The van der Waals surface area contributed by atoms with Crippen LogP contribution in [0.15, 0.2) is 72.8 Å². The van der Waals surface area contributed by atoms with Gasteiger partial charge in [-0.15, -0.1) is 0 Å². The lowest BCUT2D eigenvalue weighted by Gasteiger charge is -2.13. The Hall–Kier alpha value is -3.26. The van der Waals surface area contributed by atoms with Crippen molar-refractivity contribution < 1.29 is 0 Å². The molecule has 0 radical (unpaired) electrons. The number of aryl methyl sites for hydroxylation is 2. The van der Waals surface area contributed by atoms with Crippen molar-refractivity contribution in [2.24, 2.45) is 0 Å². The van der Waals surface area contributed by atoms with Gasteiger partial charge in [-0.2, -0.15) is 0 Å². The normalized spacial score (nSPS) is 11.7. The molecule has 0 spiro atoms. The van der Waals surface area contributed by atoms with E-state index in [4.69, 9.17) is 0 Å². The first-order chi connectivity index (χ1) is 17.7. The smallest absolute Gasteiger partial charge is 0.0488 e. The van der Waals surface area contributed by atoms with E-state index in [9.17, 15) is 0 Å². The number of hydrogen-bond donors (Lipinski definition) is 0. The van der Waals surface area contributed by atoms with Gasteiger partial charge in [0.2, 0.25) is 0 Å². The third-order valence-electron chi connectivity index (χ3n) is 7.90. The minimum Gasteiger partial charge on any atom is -0.344 e. The molecular weight excluding hydrogens is 436 g/mol. The van der Waals surface area contributed by atoms with Gasteiger partial charge in [-0.25, -0.2) is 0 Å². The molecule has 0 saturated heterocycles. The van der Waals surface area contributed by atoms with E-state index < -0.39 is 0 Å². The third kappa shape index (κ3) is 4.28. The number of fused-ring (bicyclic) bond motifs is 2. The zero-order valence-corrected chi connectivity index (χ0v) is 22.5. The standard InChI is InChI=1S/C34H40N2/c1-5-7-15-23-35-25(3)33(29-19-11-13-21-31(29)35)27-17-9-10-18-28(27)34-26(4)36(24-16-8-6-2)32-22-14-12-20-30(32)34/h9-14,17-22H,5-8,15-16,23-24H2,1-4H3. The largest absolute Gasteiger partial charge is 0.344 e. The first-order valence-electron chi connectivity index (χ1n) is 13.9. The molecular formula is C34H40N2. The van der Waals surface area contributed by atoms with Gasteiger partial charge in [0.15, 0.2) is 0 Å². The molecule has 186 valence electrons. The van der Waals surface area contributed by atoms with E-state index in [1.54, 1.807) is 0 Å². The lowest BCUT2D eigenvalue weighted by atomic mass is 9.91. The summed E-state index contributed by atoms with van der Waals surface area (Å²) in [6.07, 6.45) is 7.48. The summed E-state index contributed by atoms with van der Waals surface area (Å²) in [5.41, 5.74) is 10.9. The monoisotopic (exact) mass is 476 g/mol. The molecule has 0 atom stereocenters. The van der Waals surface area contributed by atoms with E-state index in [0.717, 1.165) is 13.1 Å². The Labute approximate surface area is 216 Å². The maximum absolute atomic E-state index is 2.55. The molecule has 2 heteroatoms. The number of hydrogen-bond acceptors (Lipinski definition) is 0. The van der Waals surface area contributed by atoms with Crippen LogP contribution in [0, 0.1) is 13.8 Å². The molecule has 0 N–H and O–H groups in total. The van der Waals surface area contributed by atoms with Crippen molar-refractivity contribution in [3.05, 3.63) is 84.2 Å². The fourth-order valence-electron chi connectivity index (χ4n) is 6.08. The van der Waals surface area contributed by atoms with E-state index >= 15 is 0 Å². The van der Waals surface area contributed by atoms with Crippen molar-refractivity contribution in [3.8, 4) is 22.3 Å². The molecule has 0 unspecified atom stereocenters. The first-order valence-corrected chi connectivity index (χ1v) is 13.9. The number of rotatable bonds is 10. The van der Waals surface area contributed by atoms with Crippen LogP contribution in [0.1, 0.15) is 63.8 Å². The number of benzene rings is 3. The second-order valence-electron chi connectivity index (χ2n) is 10.2. The molecule has 36 heavy (non-hydrogen) atoms. The van der Waals surface area contributed by atoms with Gasteiger partial charge in [0.05, 0.1) is 0 Å². The summed E-state index contributed by atoms with van der Waals surface area (Å²) in [6, 6.07) is 27.0. The van der Waals surface area contributed by atoms with Crippen molar-refractivity contribution in [2.45, 2.75) is 79.3 Å². The van der Waals surface area contributed by atoms with Gasteiger partial charge in [0.25, 0.3) is 0 Å². The van der Waals surface area contributed by atoms with Gasteiger partial charge in [-0.3, -0.25) is 0 Å². The van der Waals surface area contributed by atoms with Crippen LogP contribution in [0.4, 0.5) is 0 Å². The highest BCUT2D eigenvalue weighted by Gasteiger charge is 2.22. The lowest BCUT2D eigenvalue weighted by molar-refractivity contribution is 0.607. The summed E-state index contributed by atoms with van der Waals surface area (Å²) < 4.78 is 5.11. The van der Waals surface area contributed by atoms with Crippen LogP contribution >= 0.6 is 0 Å². The van der Waals surface area contributed by atoms with Crippen molar-refractivity contribution in [2.75, 3.05) is 0 Å². The summed E-state index contributed by atoms with van der Waals surface area (Å²) in [7, 11) is 0. The molecule has 5 rings (SSSR count). The highest BCUT2D eigenvalue weighted by molar-refractivity contribution is 6.06. The molecule has 0 aliphatic carbocycles. The predicted octanol–water partition coefficient (Wildman–Crippen LogP) is 9.93. The molecule has 0 saturated carbocycles. The number of para-hydroxylation sites is 2. The number of nitrogens with zero attached hydrogens (tertiary/aromatic N) is 2. The fraction of sp³-hybridized carbons (Fsp3) is 0.353. The highest BCUT2D eigenvalue weighted by atomic mass is 15.0. The van der Waals surface area contributed by atoms with E-state index in [1.165, 1.54) is 94.0 Å². The van der Waals surface area contributed by atoms with Crippen LogP contribution in [0.2, 0.25) is 0 Å². The van der Waals surface area contributed by atoms with Crippen molar-refractivity contribution >= 4 is 21.8 Å². The van der Waals surface area contributed by atoms with Gasteiger partial charge >= 0.3 is 0 Å². The Morgan fingerprint density at radius 3 is 1.31 bits per heavy atom. The average Bonchev–Trinajstić information content (AvgIpc) is 3.34. The van der Waals surface area contributed by atoms with Crippen molar-refractivity contribution in [1.82, 2.24) is 9.13 Å². The van der Waals surface area contributed by atoms with Crippen LogP contribution in [0.25, 0.3) is 44.1 Å². The molecule has 2 heterocycles. The Kier molecular flexibility index (Phi) is 7.32. The number of unbranched alkanes of at least 4 members (excludes halogenated alkanes) is 4. The molecule has 5 aromatic rings. The van der Waals surface area contributed by atoms with Crippen LogP contribution in [-0.4, -0.2) is 9.13 Å². The zero-order chi connectivity index (χ0) is 25.1. The van der Waals surface area contributed by atoms with Gasteiger partial charge < -0.3 is 9.13 Å². The van der Waals surface area contributed by atoms with Crippen molar-refractivity contribution in [1.29, 1.82) is 0 Å². The number of aromatic nitrogens is 2. The van der Waals surface area contributed by atoms with Gasteiger partial charge in [0.1, 0.15) is 0 Å². The summed E-state index contributed by atoms with van der Waals surface area (Å²) >= 11 is 0. The maximum atomic E-state index is 2.55. The summed E-state index contributed by atoms with van der Waals surface area (Å²) in [6.45, 7) is 11.4. The molecule has 2 nitrogen and oxygen atoms in total. The van der Waals surface area contributed by atoms with E-state index in [1.807, 2.05) is 0 Å². The molecule has 3 aromatic carbocycles. The SMILES string of the molecule is CCCCCn1c(C)c(-c2ccccc2-c2c(C)n(CCCCC)c3ccccc23)c2ccccc21. The second kappa shape index (κ2) is 10.8. The summed E-state index contributed by atoms with van der Waals surface area (Å²) in [5, 5.41) is 2.73. The Balaban J connectivity index is 1.72. The molecule has 0 aliphatic rings. The van der Waals surface area contributed by atoms with E-state index in [2.05, 4.69) is 110 Å². The molecule has 0 aliphatic heterocycles. The van der Waals surface area contributed by atoms with Crippen molar-refractivity contribution in [3.63, 3.8) is 0 Å². The van der Waals surface area contributed by atoms with Gasteiger partial charge in [0, 0.05) is 57.4 Å². The Morgan fingerprint density at radius 2 is 0.889 bits per heavy atom. The predicted molar refractivity (Wildman–Crippen MR) is 157 cm³/mol. The van der Waals surface area contributed by atoms with Crippen LogP contribution in [0.5, 0.6) is 0 Å². The Morgan fingerprint density at radius 1 is 0.500 bits per heavy atom. The maximum Gasteiger partial charge on any atom is 0.0488 e. The lowest BCUT2D eigenvalue weighted by Crippen LogP contribution is -2.01. The van der Waals surface area contributed by atoms with Crippen LogP contribution in [0.3, 0.4) is 0 Å². The minimum atomic E-state index is 1.08. The quantitative estimate of drug-likeness (QED) is 0.177. The molecule has 0 fully saturated rings. The topological polar surface area (TPSA) is 9.86 Å². The molecule has 2 aromatic heterocycles. The van der Waals surface area contributed by atoms with Crippen LogP contribution in [-0.2, 0) is 13.1 Å². The van der Waals surface area contributed by atoms with E-state index in [0.29, 0.717) is 0 Å². The minimum absolute atomic E-state index is 1.08. The first kappa shape index (κ1) is 24.4. The van der Waals surface area contributed by atoms with E-state index in [-0.39, 0.29) is 0 Å².